The molecule has 94 valence electrons. The third kappa shape index (κ3) is 4.84. The van der Waals surface area contributed by atoms with Crippen LogP contribution < -0.4 is 5.14 Å². The van der Waals surface area contributed by atoms with E-state index in [-0.39, 0.29) is 12.0 Å². The second-order valence-electron chi connectivity index (χ2n) is 5.13. The summed E-state index contributed by atoms with van der Waals surface area (Å²) in [5, 5.41) is 19.2. The molecule has 0 aromatic carbocycles. The average Bonchev–Trinajstić information content (AvgIpc) is 2.22. The van der Waals surface area contributed by atoms with E-state index in [4.69, 9.17) is 10.7 Å². The maximum absolute atomic E-state index is 10.3. The Hall–Kier alpha value is -0.0700. The molecule has 0 rings (SSSR count). The topological polar surface area (TPSA) is 95.0 Å². The maximum Gasteiger partial charge on any atom is 0.0651 e. The normalized spacial score (nSPS) is 14.4. The molecule has 0 bridgehead atoms. The molecule has 0 aromatic rings. The van der Waals surface area contributed by atoms with Gasteiger partial charge in [0, 0.05) is 22.6 Å². The highest BCUT2D eigenvalue weighted by Gasteiger charge is 2.39. The first-order valence-corrected chi connectivity index (χ1v) is 7.33. The summed E-state index contributed by atoms with van der Waals surface area (Å²) in [5.74, 6) is 0.745. The third-order valence-electron chi connectivity index (χ3n) is 2.52. The van der Waals surface area contributed by atoms with Gasteiger partial charge in [-0.05, 0) is 21.9 Å². The zero-order valence-corrected chi connectivity index (χ0v) is 11.8. The van der Waals surface area contributed by atoms with Gasteiger partial charge in [0.15, 0.2) is 0 Å². The van der Waals surface area contributed by atoms with Gasteiger partial charge in [-0.1, -0.05) is 43.6 Å². The molecule has 0 aromatic heterocycles. The van der Waals surface area contributed by atoms with E-state index < -0.39 is 11.5 Å². The fraction of sp³-hybridized carbons (Fsp3) is 1.00. The molecule has 1 unspecified atom stereocenters. The molecule has 0 amide bonds. The van der Waals surface area contributed by atoms with Gasteiger partial charge in [0.25, 0.3) is 0 Å². The summed E-state index contributed by atoms with van der Waals surface area (Å²) in [7, 11) is 2.71. The zero-order valence-electron chi connectivity index (χ0n) is 10.2. The summed E-state index contributed by atoms with van der Waals surface area (Å²) < 4.78 is 0. The van der Waals surface area contributed by atoms with Crippen LogP contribution in [0.2, 0.25) is 0 Å². The highest BCUT2D eigenvalue weighted by atomic mass is 33.1. The Bertz CT molecular complexity index is 264. The molecule has 0 aliphatic rings. The van der Waals surface area contributed by atoms with Crippen LogP contribution >= 0.6 is 21.8 Å². The number of azide groups is 1. The van der Waals surface area contributed by atoms with Gasteiger partial charge in [0.1, 0.15) is 0 Å². The smallest absolute Gasteiger partial charge is 0.0651 e. The summed E-state index contributed by atoms with van der Waals surface area (Å²) >= 11 is 0. The molecule has 16 heavy (non-hydrogen) atoms. The molecular formula is C9H20N4OS2. The van der Waals surface area contributed by atoms with Gasteiger partial charge < -0.3 is 5.11 Å². The largest absolute Gasteiger partial charge is 0.392 e. The summed E-state index contributed by atoms with van der Waals surface area (Å²) in [6, 6.07) is 0. The van der Waals surface area contributed by atoms with Gasteiger partial charge in [-0.15, -0.1) is 0 Å². The van der Waals surface area contributed by atoms with Gasteiger partial charge >= 0.3 is 0 Å². The van der Waals surface area contributed by atoms with Crippen LogP contribution in [-0.4, -0.2) is 23.5 Å². The van der Waals surface area contributed by atoms with Crippen LogP contribution in [0.1, 0.15) is 27.7 Å². The first-order chi connectivity index (χ1) is 7.28. The van der Waals surface area contributed by atoms with E-state index in [1.54, 1.807) is 0 Å². The number of aliphatic hydroxyl groups is 1. The van der Waals surface area contributed by atoms with Crippen LogP contribution in [0.4, 0.5) is 0 Å². The highest BCUT2D eigenvalue weighted by molar-refractivity contribution is 8.75. The minimum atomic E-state index is -0.551. The number of hydrogen-bond acceptors (Lipinski definition) is 5. The number of nitrogens with two attached hydrogens (primary N) is 1. The van der Waals surface area contributed by atoms with Gasteiger partial charge in [-0.2, -0.15) is 0 Å². The Kier molecular flexibility index (Phi) is 6.58. The molecule has 0 radical (unpaired) electrons. The van der Waals surface area contributed by atoms with Gasteiger partial charge in [0.05, 0.1) is 6.10 Å². The van der Waals surface area contributed by atoms with Crippen molar-refractivity contribution in [3.8, 4) is 0 Å². The quantitative estimate of drug-likeness (QED) is 0.243. The molecule has 0 fully saturated rings. The zero-order chi connectivity index (χ0) is 12.8. The summed E-state index contributed by atoms with van der Waals surface area (Å²) in [5.41, 5.74) is 7.60. The Labute approximate surface area is 105 Å². The SMILES string of the molecule is CC(C)(CN=[N+]=[N-])C(O)C(C)(C)CSSN. The Morgan fingerprint density at radius 1 is 1.38 bits per heavy atom. The van der Waals surface area contributed by atoms with E-state index >= 15 is 0 Å². The highest BCUT2D eigenvalue weighted by Crippen LogP contribution is 2.38. The molecule has 0 aliphatic carbocycles. The van der Waals surface area contributed by atoms with Gasteiger partial charge in [0.2, 0.25) is 0 Å². The molecule has 1 atom stereocenters. The Morgan fingerprint density at radius 2 is 1.94 bits per heavy atom. The minimum Gasteiger partial charge on any atom is -0.392 e. The lowest BCUT2D eigenvalue weighted by Crippen LogP contribution is -2.44. The second-order valence-corrected chi connectivity index (χ2v) is 7.13. The van der Waals surface area contributed by atoms with E-state index in [9.17, 15) is 5.11 Å². The van der Waals surface area contributed by atoms with Crippen molar-refractivity contribution >= 4 is 21.8 Å². The van der Waals surface area contributed by atoms with Crippen molar-refractivity contribution in [3.05, 3.63) is 10.4 Å². The minimum absolute atomic E-state index is 0.272. The van der Waals surface area contributed by atoms with Crippen LogP contribution in [0.25, 0.3) is 10.4 Å². The van der Waals surface area contributed by atoms with Crippen molar-refractivity contribution in [1.82, 2.24) is 0 Å². The average molecular weight is 264 g/mol. The monoisotopic (exact) mass is 264 g/mol. The summed E-state index contributed by atoms with van der Waals surface area (Å²) in [6.07, 6.45) is -0.551. The van der Waals surface area contributed by atoms with Crippen LogP contribution in [-0.2, 0) is 0 Å². The third-order valence-corrected chi connectivity index (χ3v) is 4.28. The molecule has 3 N–H and O–H groups in total. The molecular weight excluding hydrogens is 244 g/mol. The number of nitrogens with zero attached hydrogens (tertiary/aromatic N) is 3. The number of hydrogen-bond donors (Lipinski definition) is 2. The Morgan fingerprint density at radius 3 is 2.38 bits per heavy atom. The van der Waals surface area contributed by atoms with Crippen molar-refractivity contribution in [2.24, 2.45) is 21.1 Å². The molecule has 7 heteroatoms. The van der Waals surface area contributed by atoms with E-state index in [0.717, 1.165) is 5.75 Å². The molecule has 5 nitrogen and oxygen atoms in total. The van der Waals surface area contributed by atoms with E-state index in [1.165, 1.54) is 21.8 Å². The van der Waals surface area contributed by atoms with Crippen LogP contribution in [0.15, 0.2) is 5.11 Å². The molecule has 0 aliphatic heterocycles. The van der Waals surface area contributed by atoms with Crippen LogP contribution in [0.3, 0.4) is 0 Å². The van der Waals surface area contributed by atoms with Crippen molar-refractivity contribution in [1.29, 1.82) is 0 Å². The molecule has 0 spiro atoms. The first kappa shape index (κ1) is 15.9. The summed E-state index contributed by atoms with van der Waals surface area (Å²) in [4.78, 5) is 2.73. The van der Waals surface area contributed by atoms with Crippen LogP contribution in [0.5, 0.6) is 0 Å². The van der Waals surface area contributed by atoms with Crippen LogP contribution in [0, 0.1) is 10.8 Å². The number of aliphatic hydroxyl groups excluding tert-OH is 1. The van der Waals surface area contributed by atoms with E-state index in [0.29, 0.717) is 0 Å². The fourth-order valence-electron chi connectivity index (χ4n) is 1.62. The van der Waals surface area contributed by atoms with E-state index in [2.05, 4.69) is 10.0 Å². The van der Waals surface area contributed by atoms with Gasteiger partial charge in [-0.25, -0.2) is 0 Å². The molecule has 0 saturated heterocycles. The fourth-order valence-corrected chi connectivity index (χ4v) is 3.27. The first-order valence-electron chi connectivity index (χ1n) is 4.95. The summed E-state index contributed by atoms with van der Waals surface area (Å²) in [6.45, 7) is 8.05. The number of rotatable bonds is 7. The Balaban J connectivity index is 4.60. The molecule has 0 saturated carbocycles. The maximum atomic E-state index is 10.3. The predicted octanol–water partition coefficient (Wildman–Crippen LogP) is 2.97. The van der Waals surface area contributed by atoms with Crippen molar-refractivity contribution in [3.63, 3.8) is 0 Å². The van der Waals surface area contributed by atoms with Gasteiger partial charge in [-0.3, -0.25) is 5.14 Å². The molecule has 0 heterocycles. The standard InChI is InChI=1S/C9H20N4OS2/c1-8(2,5-12-13-10)7(14)9(3,4)6-15-16-11/h7,14H,5-6,11H2,1-4H3. The lowest BCUT2D eigenvalue weighted by Gasteiger charge is -2.40. The van der Waals surface area contributed by atoms with Crippen molar-refractivity contribution < 1.29 is 5.11 Å². The lowest BCUT2D eigenvalue weighted by molar-refractivity contribution is -0.0250. The lowest BCUT2D eigenvalue weighted by atomic mass is 9.73. The van der Waals surface area contributed by atoms with Crippen molar-refractivity contribution in [2.75, 3.05) is 12.3 Å². The van der Waals surface area contributed by atoms with Crippen molar-refractivity contribution in [2.45, 2.75) is 33.8 Å². The second kappa shape index (κ2) is 6.61. The van der Waals surface area contributed by atoms with E-state index in [1.807, 2.05) is 27.7 Å². The predicted molar refractivity (Wildman–Crippen MR) is 71.8 cm³/mol.